The SMILES string of the molecule is CN(CC1CCC1)C(=O)Cc1ccc(S(=O)(=O)Cl)s1. The van der Waals surface area contributed by atoms with Gasteiger partial charge in [-0.25, -0.2) is 8.42 Å². The molecule has 0 atom stereocenters. The molecular weight excluding hydrogens is 306 g/mol. The van der Waals surface area contributed by atoms with Crippen LogP contribution in [0.15, 0.2) is 16.3 Å². The van der Waals surface area contributed by atoms with E-state index in [9.17, 15) is 13.2 Å². The first-order valence-corrected chi connectivity index (χ1v) is 9.26. The zero-order valence-electron chi connectivity index (χ0n) is 10.6. The van der Waals surface area contributed by atoms with Crippen LogP contribution in [0.25, 0.3) is 0 Å². The Morgan fingerprint density at radius 2 is 2.16 bits per heavy atom. The second-order valence-electron chi connectivity index (χ2n) is 4.91. The fraction of sp³-hybridized carbons (Fsp3) is 0.583. The lowest BCUT2D eigenvalue weighted by atomic mass is 9.85. The van der Waals surface area contributed by atoms with Crippen molar-refractivity contribution in [3.8, 4) is 0 Å². The maximum Gasteiger partial charge on any atom is 0.270 e. The summed E-state index contributed by atoms with van der Waals surface area (Å²) in [7, 11) is 3.37. The van der Waals surface area contributed by atoms with Crippen LogP contribution < -0.4 is 0 Å². The molecule has 0 radical (unpaired) electrons. The largest absolute Gasteiger partial charge is 0.345 e. The second kappa shape index (κ2) is 5.81. The van der Waals surface area contributed by atoms with Crippen LogP contribution in [0.5, 0.6) is 0 Å². The van der Waals surface area contributed by atoms with Crippen molar-refractivity contribution in [3.05, 3.63) is 17.0 Å². The smallest absolute Gasteiger partial charge is 0.270 e. The zero-order valence-corrected chi connectivity index (χ0v) is 13.0. The molecule has 0 bridgehead atoms. The number of nitrogens with zero attached hydrogens (tertiary/aromatic N) is 1. The number of hydrogen-bond acceptors (Lipinski definition) is 4. The average molecular weight is 322 g/mol. The molecular formula is C12H16ClNO3S2. The predicted molar refractivity (Wildman–Crippen MR) is 76.0 cm³/mol. The summed E-state index contributed by atoms with van der Waals surface area (Å²) in [4.78, 5) is 14.5. The van der Waals surface area contributed by atoms with Gasteiger partial charge in [0.15, 0.2) is 0 Å². The van der Waals surface area contributed by atoms with Crippen molar-refractivity contribution in [2.24, 2.45) is 5.92 Å². The van der Waals surface area contributed by atoms with Crippen molar-refractivity contribution in [3.63, 3.8) is 0 Å². The highest BCUT2D eigenvalue weighted by Gasteiger charge is 2.22. The van der Waals surface area contributed by atoms with Crippen LogP contribution in [-0.2, 0) is 20.3 Å². The van der Waals surface area contributed by atoms with Crippen LogP contribution in [0.4, 0.5) is 0 Å². The fourth-order valence-corrected chi connectivity index (χ4v) is 4.15. The molecule has 0 unspecified atom stereocenters. The van der Waals surface area contributed by atoms with Crippen molar-refractivity contribution in [1.82, 2.24) is 4.90 Å². The number of likely N-dealkylation sites (N-methyl/N-ethyl adjacent to an activating group) is 1. The Kier molecular flexibility index (Phi) is 4.53. The molecule has 1 aliphatic rings. The van der Waals surface area contributed by atoms with Gasteiger partial charge in [0, 0.05) is 29.2 Å². The van der Waals surface area contributed by atoms with Crippen LogP contribution in [-0.4, -0.2) is 32.8 Å². The van der Waals surface area contributed by atoms with E-state index in [1.54, 1.807) is 18.0 Å². The van der Waals surface area contributed by atoms with Crippen molar-refractivity contribution in [2.45, 2.75) is 29.9 Å². The summed E-state index contributed by atoms with van der Waals surface area (Å²) in [5, 5.41) is 0. The molecule has 19 heavy (non-hydrogen) atoms. The predicted octanol–water partition coefficient (Wildman–Crippen LogP) is 2.48. The molecule has 1 aromatic rings. The third-order valence-corrected chi connectivity index (χ3v) is 6.56. The van der Waals surface area contributed by atoms with Gasteiger partial charge in [-0.15, -0.1) is 11.3 Å². The molecule has 1 aromatic heterocycles. The standard InChI is InChI=1S/C12H16ClNO3S2/c1-14(8-9-3-2-4-9)11(15)7-10-5-6-12(18-10)19(13,16)17/h5-6,9H,2-4,7-8H2,1H3. The van der Waals surface area contributed by atoms with E-state index in [0.717, 1.165) is 22.8 Å². The van der Waals surface area contributed by atoms with E-state index < -0.39 is 9.05 Å². The monoisotopic (exact) mass is 321 g/mol. The Morgan fingerprint density at radius 3 is 2.63 bits per heavy atom. The number of hydrogen-bond donors (Lipinski definition) is 0. The molecule has 1 saturated carbocycles. The molecule has 1 aliphatic carbocycles. The van der Waals surface area contributed by atoms with E-state index in [1.165, 1.54) is 25.3 Å². The summed E-state index contributed by atoms with van der Waals surface area (Å²) in [6, 6.07) is 3.09. The normalized spacial score (nSPS) is 16.1. The summed E-state index contributed by atoms with van der Waals surface area (Å²) in [6.07, 6.45) is 3.89. The number of amides is 1. The van der Waals surface area contributed by atoms with Crippen molar-refractivity contribution in [1.29, 1.82) is 0 Å². The maximum absolute atomic E-state index is 12.0. The highest BCUT2D eigenvalue weighted by Crippen LogP contribution is 2.28. The van der Waals surface area contributed by atoms with Crippen molar-refractivity contribution >= 4 is 37.0 Å². The zero-order chi connectivity index (χ0) is 14.0. The molecule has 2 rings (SSSR count). The van der Waals surface area contributed by atoms with Crippen LogP contribution in [0.3, 0.4) is 0 Å². The van der Waals surface area contributed by atoms with Crippen LogP contribution in [0, 0.1) is 5.92 Å². The molecule has 1 amide bonds. The highest BCUT2D eigenvalue weighted by atomic mass is 35.7. The Bertz CT molecular complexity index is 563. The van der Waals surface area contributed by atoms with Crippen molar-refractivity contribution < 1.29 is 13.2 Å². The number of rotatable bonds is 5. The van der Waals surface area contributed by atoms with Gasteiger partial charge in [0.05, 0.1) is 6.42 Å². The summed E-state index contributed by atoms with van der Waals surface area (Å²) in [5.74, 6) is 0.656. The molecule has 4 nitrogen and oxygen atoms in total. The first-order valence-electron chi connectivity index (χ1n) is 6.13. The van der Waals surface area contributed by atoms with Crippen LogP contribution in [0.2, 0.25) is 0 Å². The Hall–Kier alpha value is -0.590. The highest BCUT2D eigenvalue weighted by molar-refractivity contribution is 8.15. The minimum Gasteiger partial charge on any atom is -0.345 e. The van der Waals surface area contributed by atoms with E-state index >= 15 is 0 Å². The topological polar surface area (TPSA) is 54.5 Å². The molecule has 1 heterocycles. The third kappa shape index (κ3) is 3.94. The number of halogens is 1. The molecule has 7 heteroatoms. The van der Waals surface area contributed by atoms with Gasteiger partial charge in [0.1, 0.15) is 4.21 Å². The van der Waals surface area contributed by atoms with Gasteiger partial charge >= 0.3 is 0 Å². The van der Waals surface area contributed by atoms with Gasteiger partial charge in [-0.05, 0) is 30.9 Å². The van der Waals surface area contributed by atoms with Crippen LogP contribution in [0.1, 0.15) is 24.1 Å². The lowest BCUT2D eigenvalue weighted by molar-refractivity contribution is -0.130. The van der Waals surface area contributed by atoms with Gasteiger partial charge in [0.2, 0.25) is 5.91 Å². The lowest BCUT2D eigenvalue weighted by Gasteiger charge is -2.30. The molecule has 0 saturated heterocycles. The van der Waals surface area contributed by atoms with E-state index in [1.807, 2.05) is 0 Å². The van der Waals surface area contributed by atoms with E-state index in [4.69, 9.17) is 10.7 Å². The van der Waals surface area contributed by atoms with E-state index in [0.29, 0.717) is 5.92 Å². The summed E-state index contributed by atoms with van der Waals surface area (Å²) in [5.41, 5.74) is 0. The Balaban J connectivity index is 1.92. The number of carbonyl (C=O) groups is 1. The van der Waals surface area contributed by atoms with E-state index in [2.05, 4.69) is 0 Å². The summed E-state index contributed by atoms with van der Waals surface area (Å²) < 4.78 is 22.4. The molecule has 0 N–H and O–H groups in total. The minimum absolute atomic E-state index is 0.0206. The van der Waals surface area contributed by atoms with Gasteiger partial charge in [0.25, 0.3) is 9.05 Å². The quantitative estimate of drug-likeness (QED) is 0.783. The maximum atomic E-state index is 12.0. The average Bonchev–Trinajstić information content (AvgIpc) is 2.71. The van der Waals surface area contributed by atoms with Crippen molar-refractivity contribution in [2.75, 3.05) is 13.6 Å². The van der Waals surface area contributed by atoms with Gasteiger partial charge in [-0.2, -0.15) is 0 Å². The number of carbonyl (C=O) groups excluding carboxylic acids is 1. The molecule has 0 aromatic carbocycles. The number of thiophene rings is 1. The molecule has 0 aliphatic heterocycles. The first-order chi connectivity index (χ1) is 8.86. The Morgan fingerprint density at radius 1 is 1.47 bits per heavy atom. The second-order valence-corrected chi connectivity index (χ2v) is 8.87. The fourth-order valence-electron chi connectivity index (χ4n) is 2.03. The van der Waals surface area contributed by atoms with Gasteiger partial charge < -0.3 is 4.90 Å². The van der Waals surface area contributed by atoms with Gasteiger partial charge in [-0.3, -0.25) is 4.79 Å². The third-order valence-electron chi connectivity index (χ3n) is 3.39. The first kappa shape index (κ1) is 14.8. The summed E-state index contributed by atoms with van der Waals surface area (Å²) >= 11 is 1.06. The van der Waals surface area contributed by atoms with Gasteiger partial charge in [-0.1, -0.05) is 6.42 Å². The van der Waals surface area contributed by atoms with E-state index in [-0.39, 0.29) is 16.5 Å². The van der Waals surface area contributed by atoms with Crippen LogP contribution >= 0.6 is 22.0 Å². The Labute approximate surface area is 121 Å². The lowest BCUT2D eigenvalue weighted by Crippen LogP contribution is -2.35. The minimum atomic E-state index is -3.69. The molecule has 106 valence electrons. The molecule has 1 fully saturated rings. The summed E-state index contributed by atoms with van der Waals surface area (Å²) in [6.45, 7) is 0.796. The molecule has 0 spiro atoms.